The van der Waals surface area contributed by atoms with Crippen LogP contribution in [0, 0.1) is 0 Å². The van der Waals surface area contributed by atoms with E-state index in [1.54, 1.807) is 20.8 Å². The summed E-state index contributed by atoms with van der Waals surface area (Å²) >= 11 is 0. The molecule has 8 heteroatoms. The van der Waals surface area contributed by atoms with Gasteiger partial charge in [-0.25, -0.2) is 28.1 Å². The average molecular weight is 285 g/mol. The molecule has 112 valence electrons. The molecule has 0 spiro atoms. The van der Waals surface area contributed by atoms with Gasteiger partial charge in [0.05, 0.1) is 6.54 Å². The van der Waals surface area contributed by atoms with Gasteiger partial charge in [0.2, 0.25) is 0 Å². The number of rotatable bonds is 5. The van der Waals surface area contributed by atoms with Crippen molar-refractivity contribution in [3.05, 3.63) is 31.5 Å². The maximum Gasteiger partial charge on any atom is 0.336 e. The molecule has 1 rings (SSSR count). The maximum absolute atomic E-state index is 12.1. The van der Waals surface area contributed by atoms with Gasteiger partial charge in [0.25, 0.3) is 0 Å². The van der Waals surface area contributed by atoms with E-state index in [1.165, 1.54) is 6.92 Å². The van der Waals surface area contributed by atoms with E-state index in [2.05, 4.69) is 0 Å². The Hall–Kier alpha value is -2.12. The average Bonchev–Trinajstić information content (AvgIpc) is 2.35. The van der Waals surface area contributed by atoms with E-state index >= 15 is 0 Å². The van der Waals surface area contributed by atoms with Crippen molar-refractivity contribution in [3.63, 3.8) is 0 Å². The summed E-state index contributed by atoms with van der Waals surface area (Å²) in [4.78, 5) is 47.0. The lowest BCUT2D eigenvalue weighted by Crippen LogP contribution is -2.55. The number of carbonyl (C=O) groups is 1. The Morgan fingerprint density at radius 3 is 1.75 bits per heavy atom. The first kappa shape index (κ1) is 15.9. The van der Waals surface area contributed by atoms with E-state index in [1.807, 2.05) is 0 Å². The summed E-state index contributed by atoms with van der Waals surface area (Å²) in [5.41, 5.74) is -2.00. The number of carbonyl (C=O) groups excluding carboxylic acids is 1. The molecule has 0 saturated heterocycles. The van der Waals surface area contributed by atoms with Crippen LogP contribution in [-0.2, 0) is 29.2 Å². The van der Waals surface area contributed by atoms with Crippen molar-refractivity contribution in [1.29, 1.82) is 0 Å². The topological polar surface area (TPSA) is 92.3 Å². The molecular formula is C12H19N3O5. The van der Waals surface area contributed by atoms with Crippen molar-refractivity contribution in [2.24, 2.45) is 0 Å². The van der Waals surface area contributed by atoms with Crippen LogP contribution in [0.5, 0.6) is 0 Å². The van der Waals surface area contributed by atoms with Crippen molar-refractivity contribution < 1.29 is 9.53 Å². The van der Waals surface area contributed by atoms with Gasteiger partial charge in [-0.2, -0.15) is 0 Å². The number of nitrogens with zero attached hydrogens (tertiary/aromatic N) is 3. The first-order valence-electron chi connectivity index (χ1n) is 6.45. The number of hydrogen-bond donors (Lipinski definition) is 0. The molecule has 1 unspecified atom stereocenters. The first-order valence-corrected chi connectivity index (χ1v) is 6.45. The molecule has 0 aliphatic rings. The van der Waals surface area contributed by atoms with Crippen LogP contribution in [0.2, 0.25) is 0 Å². The zero-order valence-corrected chi connectivity index (χ0v) is 12.1. The molecule has 1 atom stereocenters. The predicted molar refractivity (Wildman–Crippen MR) is 71.8 cm³/mol. The molecule has 0 amide bonds. The van der Waals surface area contributed by atoms with Crippen LogP contribution in [0.4, 0.5) is 0 Å². The molecule has 0 bridgehead atoms. The highest BCUT2D eigenvalue weighted by Gasteiger charge is 2.16. The molecule has 8 nitrogen and oxygen atoms in total. The third kappa shape index (κ3) is 3.06. The van der Waals surface area contributed by atoms with E-state index < -0.39 is 29.1 Å². The van der Waals surface area contributed by atoms with Gasteiger partial charge in [-0.05, 0) is 20.8 Å². The van der Waals surface area contributed by atoms with Crippen LogP contribution < -0.4 is 17.1 Å². The molecule has 0 radical (unpaired) electrons. The lowest BCUT2D eigenvalue weighted by Gasteiger charge is -2.15. The fraction of sp³-hybridized carbons (Fsp3) is 0.667. The highest BCUT2D eigenvalue weighted by molar-refractivity contribution is 5.66. The Labute approximate surface area is 115 Å². The summed E-state index contributed by atoms with van der Waals surface area (Å²) in [6.45, 7) is 6.36. The molecule has 0 saturated carbocycles. The molecule has 1 heterocycles. The van der Waals surface area contributed by atoms with Crippen molar-refractivity contribution in [1.82, 2.24) is 13.7 Å². The fourth-order valence-electron chi connectivity index (χ4n) is 1.96. The zero-order valence-electron chi connectivity index (χ0n) is 12.1. The Morgan fingerprint density at radius 2 is 1.40 bits per heavy atom. The quantitative estimate of drug-likeness (QED) is 0.658. The minimum Gasteiger partial charge on any atom is -0.461 e. The molecule has 0 aliphatic heterocycles. The fourth-order valence-corrected chi connectivity index (χ4v) is 1.96. The Bertz CT molecular complexity index is 625. The molecule has 1 aromatic rings. The molecule has 0 N–H and O–H groups in total. The Balaban J connectivity index is 3.40. The summed E-state index contributed by atoms with van der Waals surface area (Å²) < 4.78 is 7.78. The minimum atomic E-state index is -0.689. The standard InChI is InChI=1S/C12H19N3O5/c1-5-13-10(17)14(6-2)12(19)15(11(13)18)7-8(3)20-9(4)16/h8H,5-7H2,1-4H3. The largest absolute Gasteiger partial charge is 0.461 e. The smallest absolute Gasteiger partial charge is 0.336 e. The highest BCUT2D eigenvalue weighted by Crippen LogP contribution is 1.93. The van der Waals surface area contributed by atoms with Crippen molar-refractivity contribution >= 4 is 5.97 Å². The van der Waals surface area contributed by atoms with E-state index in [4.69, 9.17) is 4.74 Å². The summed E-state index contributed by atoms with van der Waals surface area (Å²) in [5.74, 6) is -0.495. The maximum atomic E-state index is 12.1. The summed E-state index contributed by atoms with van der Waals surface area (Å²) in [5, 5.41) is 0. The summed E-state index contributed by atoms with van der Waals surface area (Å²) in [6.07, 6.45) is -0.633. The highest BCUT2D eigenvalue weighted by atomic mass is 16.5. The summed E-state index contributed by atoms with van der Waals surface area (Å²) in [7, 11) is 0. The van der Waals surface area contributed by atoms with Gasteiger partial charge in [0.1, 0.15) is 6.10 Å². The lowest BCUT2D eigenvalue weighted by atomic mass is 10.4. The van der Waals surface area contributed by atoms with Gasteiger partial charge in [-0.3, -0.25) is 4.79 Å². The molecule has 0 fully saturated rings. The third-order valence-corrected chi connectivity index (χ3v) is 2.82. The van der Waals surface area contributed by atoms with Crippen LogP contribution in [0.3, 0.4) is 0 Å². The zero-order chi connectivity index (χ0) is 15.4. The molecular weight excluding hydrogens is 266 g/mol. The normalized spacial score (nSPS) is 12.2. The number of hydrogen-bond acceptors (Lipinski definition) is 5. The van der Waals surface area contributed by atoms with E-state index in [-0.39, 0.29) is 19.6 Å². The van der Waals surface area contributed by atoms with Gasteiger partial charge in [0, 0.05) is 20.0 Å². The van der Waals surface area contributed by atoms with Crippen LogP contribution in [0.15, 0.2) is 14.4 Å². The van der Waals surface area contributed by atoms with Crippen LogP contribution in [0.1, 0.15) is 27.7 Å². The molecule has 0 aliphatic carbocycles. The van der Waals surface area contributed by atoms with Crippen molar-refractivity contribution in [3.8, 4) is 0 Å². The van der Waals surface area contributed by atoms with Crippen LogP contribution >= 0.6 is 0 Å². The van der Waals surface area contributed by atoms with Gasteiger partial charge in [-0.1, -0.05) is 0 Å². The van der Waals surface area contributed by atoms with Crippen LogP contribution in [0.25, 0.3) is 0 Å². The third-order valence-electron chi connectivity index (χ3n) is 2.82. The van der Waals surface area contributed by atoms with Crippen molar-refractivity contribution in [2.75, 3.05) is 0 Å². The number of ether oxygens (including phenoxy) is 1. The van der Waals surface area contributed by atoms with Gasteiger partial charge in [0.15, 0.2) is 0 Å². The van der Waals surface area contributed by atoms with E-state index in [0.29, 0.717) is 0 Å². The van der Waals surface area contributed by atoms with Crippen LogP contribution in [-0.4, -0.2) is 25.8 Å². The Morgan fingerprint density at radius 1 is 1.00 bits per heavy atom. The monoisotopic (exact) mass is 285 g/mol. The van der Waals surface area contributed by atoms with Crippen molar-refractivity contribution in [2.45, 2.75) is 53.4 Å². The molecule has 0 aromatic carbocycles. The number of esters is 1. The van der Waals surface area contributed by atoms with Gasteiger partial charge in [-0.15, -0.1) is 0 Å². The second-order valence-corrected chi connectivity index (χ2v) is 4.37. The van der Waals surface area contributed by atoms with E-state index in [9.17, 15) is 19.2 Å². The molecule has 1 aromatic heterocycles. The van der Waals surface area contributed by atoms with Gasteiger partial charge < -0.3 is 4.74 Å². The SMILES string of the molecule is CCn1c(=O)n(CC)c(=O)n(CC(C)OC(C)=O)c1=O. The second kappa shape index (κ2) is 6.36. The van der Waals surface area contributed by atoms with Gasteiger partial charge >= 0.3 is 23.0 Å². The second-order valence-electron chi connectivity index (χ2n) is 4.37. The Kier molecular flexibility index (Phi) is 5.06. The number of aromatic nitrogens is 3. The first-order chi connectivity index (χ1) is 9.33. The van der Waals surface area contributed by atoms with E-state index in [0.717, 1.165) is 13.7 Å². The molecule has 20 heavy (non-hydrogen) atoms. The predicted octanol–water partition coefficient (Wildman–Crippen LogP) is -0.837. The minimum absolute atomic E-state index is 0.0858. The summed E-state index contributed by atoms with van der Waals surface area (Å²) in [6, 6.07) is 0. The lowest BCUT2D eigenvalue weighted by molar-refractivity contribution is -0.146.